The predicted octanol–water partition coefficient (Wildman–Crippen LogP) is 3.56. The first-order valence-electron chi connectivity index (χ1n) is 6.81. The highest BCUT2D eigenvalue weighted by atomic mass is 32.2. The lowest BCUT2D eigenvalue weighted by molar-refractivity contribution is 0.923. The molecule has 0 fully saturated rings. The first kappa shape index (κ1) is 15.3. The quantitative estimate of drug-likeness (QED) is 0.855. The van der Waals surface area contributed by atoms with Gasteiger partial charge in [-0.25, -0.2) is 0 Å². The van der Waals surface area contributed by atoms with Gasteiger partial charge in [-0.1, -0.05) is 25.1 Å². The van der Waals surface area contributed by atoms with Crippen LogP contribution >= 0.6 is 11.8 Å². The summed E-state index contributed by atoms with van der Waals surface area (Å²) in [4.78, 5) is 1.23. The van der Waals surface area contributed by atoms with Gasteiger partial charge in [0, 0.05) is 16.7 Å². The van der Waals surface area contributed by atoms with E-state index in [0.29, 0.717) is 16.6 Å². The van der Waals surface area contributed by atoms with Gasteiger partial charge < -0.3 is 5.32 Å². The van der Waals surface area contributed by atoms with Crippen molar-refractivity contribution in [3.05, 3.63) is 47.2 Å². The number of hydrogen-bond acceptors (Lipinski definition) is 5. The molecule has 0 radical (unpaired) electrons. The molecule has 21 heavy (non-hydrogen) atoms. The molecule has 0 aliphatic rings. The van der Waals surface area contributed by atoms with Crippen LogP contribution in [-0.4, -0.2) is 22.0 Å². The zero-order valence-corrected chi connectivity index (χ0v) is 13.2. The van der Waals surface area contributed by atoms with Gasteiger partial charge in [0.25, 0.3) is 0 Å². The number of nitrogens with zero attached hydrogens (tertiary/aromatic N) is 3. The van der Waals surface area contributed by atoms with Crippen LogP contribution in [0.15, 0.2) is 35.2 Å². The summed E-state index contributed by atoms with van der Waals surface area (Å²) in [5.74, 6) is 0.570. The minimum absolute atomic E-state index is 0.363. The number of nitriles is 1. The highest BCUT2D eigenvalue weighted by molar-refractivity contribution is 8.00. The molecule has 2 rings (SSSR count). The highest BCUT2D eigenvalue weighted by Crippen LogP contribution is 2.23. The molecule has 5 heteroatoms. The van der Waals surface area contributed by atoms with Gasteiger partial charge >= 0.3 is 0 Å². The number of rotatable bonds is 5. The van der Waals surface area contributed by atoms with Crippen molar-refractivity contribution in [3.63, 3.8) is 0 Å². The van der Waals surface area contributed by atoms with E-state index in [1.54, 1.807) is 11.8 Å². The summed E-state index contributed by atoms with van der Waals surface area (Å²) in [6, 6.07) is 12.5. The molecule has 0 aliphatic heterocycles. The topological polar surface area (TPSA) is 61.6 Å². The van der Waals surface area contributed by atoms with E-state index in [1.807, 2.05) is 32.0 Å². The largest absolute Gasteiger partial charge is 0.366 e. The predicted molar refractivity (Wildman–Crippen MR) is 86.5 cm³/mol. The van der Waals surface area contributed by atoms with Crippen molar-refractivity contribution in [3.8, 4) is 6.07 Å². The van der Waals surface area contributed by atoms with Crippen molar-refractivity contribution in [2.24, 2.45) is 0 Å². The first-order chi connectivity index (χ1) is 10.1. The molecule has 0 saturated heterocycles. The van der Waals surface area contributed by atoms with Crippen molar-refractivity contribution in [2.75, 3.05) is 11.9 Å². The maximum absolute atomic E-state index is 9.26. The van der Waals surface area contributed by atoms with E-state index in [-0.39, 0.29) is 0 Å². The van der Waals surface area contributed by atoms with Crippen LogP contribution in [0, 0.1) is 25.2 Å². The van der Waals surface area contributed by atoms with Crippen molar-refractivity contribution < 1.29 is 0 Å². The second-order valence-electron chi connectivity index (χ2n) is 4.87. The number of thioether (sulfide) groups is 1. The summed E-state index contributed by atoms with van der Waals surface area (Å²) in [7, 11) is 0. The number of aromatic nitrogens is 2. The minimum Gasteiger partial charge on any atom is -0.366 e. The Bertz CT molecular complexity index is 649. The van der Waals surface area contributed by atoms with Crippen LogP contribution in [-0.2, 0) is 0 Å². The van der Waals surface area contributed by atoms with Gasteiger partial charge in [-0.15, -0.1) is 16.9 Å². The van der Waals surface area contributed by atoms with E-state index >= 15 is 0 Å². The molecule has 2 aromatic rings. The summed E-state index contributed by atoms with van der Waals surface area (Å²) >= 11 is 1.79. The third-order valence-electron chi connectivity index (χ3n) is 3.20. The van der Waals surface area contributed by atoms with E-state index in [2.05, 4.69) is 40.6 Å². The summed E-state index contributed by atoms with van der Waals surface area (Å²) in [5, 5.41) is 21.0. The Morgan fingerprint density at radius 1 is 1.24 bits per heavy atom. The van der Waals surface area contributed by atoms with Gasteiger partial charge in [0.05, 0.1) is 5.69 Å². The fraction of sp³-hybridized carbons (Fsp3) is 0.312. The summed E-state index contributed by atoms with van der Waals surface area (Å²) < 4.78 is 0. The average molecular weight is 298 g/mol. The maximum Gasteiger partial charge on any atom is 0.166 e. The zero-order chi connectivity index (χ0) is 15.2. The number of aryl methyl sites for hydroxylation is 1. The van der Waals surface area contributed by atoms with Crippen molar-refractivity contribution in [1.29, 1.82) is 5.26 Å². The van der Waals surface area contributed by atoms with E-state index in [0.717, 1.165) is 17.8 Å². The Morgan fingerprint density at radius 3 is 2.62 bits per heavy atom. The monoisotopic (exact) mass is 298 g/mol. The summed E-state index contributed by atoms with van der Waals surface area (Å²) in [6.45, 7) is 6.63. The van der Waals surface area contributed by atoms with Crippen molar-refractivity contribution in [2.45, 2.75) is 30.9 Å². The number of benzene rings is 1. The number of hydrogen-bond donors (Lipinski definition) is 1. The van der Waals surface area contributed by atoms with Gasteiger partial charge in [0.15, 0.2) is 5.82 Å². The summed E-state index contributed by atoms with van der Waals surface area (Å²) in [5.41, 5.74) is 2.27. The van der Waals surface area contributed by atoms with E-state index in [9.17, 15) is 5.26 Å². The fourth-order valence-electron chi connectivity index (χ4n) is 1.88. The molecule has 0 bridgehead atoms. The molecule has 4 nitrogen and oxygen atoms in total. The first-order valence-corrected chi connectivity index (χ1v) is 7.69. The van der Waals surface area contributed by atoms with Gasteiger partial charge in [-0.2, -0.15) is 10.4 Å². The van der Waals surface area contributed by atoms with E-state index in [1.165, 1.54) is 4.90 Å². The van der Waals surface area contributed by atoms with Gasteiger partial charge in [0.1, 0.15) is 11.6 Å². The Balaban J connectivity index is 2.00. The van der Waals surface area contributed by atoms with Crippen LogP contribution in [0.25, 0.3) is 0 Å². The van der Waals surface area contributed by atoms with Crippen LogP contribution < -0.4 is 5.32 Å². The third kappa shape index (κ3) is 3.96. The van der Waals surface area contributed by atoms with Crippen LogP contribution in [0.4, 0.5) is 5.82 Å². The molecule has 1 aromatic carbocycles. The van der Waals surface area contributed by atoms with Crippen LogP contribution in [0.3, 0.4) is 0 Å². The molecule has 1 N–H and O–H groups in total. The molecule has 1 heterocycles. The lowest BCUT2D eigenvalue weighted by Crippen LogP contribution is -2.16. The lowest BCUT2D eigenvalue weighted by Gasteiger charge is -2.14. The Labute approximate surface area is 129 Å². The number of anilines is 1. The molecule has 0 aliphatic carbocycles. The van der Waals surface area contributed by atoms with Gasteiger partial charge in [0.2, 0.25) is 0 Å². The average Bonchev–Trinajstić information content (AvgIpc) is 2.49. The fourth-order valence-corrected chi connectivity index (χ4v) is 2.83. The van der Waals surface area contributed by atoms with Crippen LogP contribution in [0.5, 0.6) is 0 Å². The second-order valence-corrected chi connectivity index (χ2v) is 6.38. The normalized spacial score (nSPS) is 11.7. The SMILES string of the molecule is Cc1nnc(NCC(C)Sc2ccccc2)c(C#N)c1C. The molecule has 0 saturated carbocycles. The third-order valence-corrected chi connectivity index (χ3v) is 4.32. The number of nitrogens with one attached hydrogen (secondary N) is 1. The molecule has 108 valence electrons. The standard InChI is InChI=1S/C16H18N4S/c1-11(21-14-7-5-4-6-8-14)10-18-16-15(9-17)12(2)13(3)19-20-16/h4-8,11H,10H2,1-3H3,(H,18,20). The molecule has 1 atom stereocenters. The zero-order valence-electron chi connectivity index (χ0n) is 12.4. The lowest BCUT2D eigenvalue weighted by atomic mass is 10.1. The second kappa shape index (κ2) is 7.09. The highest BCUT2D eigenvalue weighted by Gasteiger charge is 2.12. The minimum atomic E-state index is 0.363. The molecule has 0 spiro atoms. The van der Waals surface area contributed by atoms with Gasteiger partial charge in [-0.05, 0) is 31.5 Å². The molecular weight excluding hydrogens is 280 g/mol. The van der Waals surface area contributed by atoms with Crippen molar-refractivity contribution in [1.82, 2.24) is 10.2 Å². The molecule has 0 amide bonds. The van der Waals surface area contributed by atoms with Crippen LogP contribution in [0.2, 0.25) is 0 Å². The van der Waals surface area contributed by atoms with Crippen LogP contribution in [0.1, 0.15) is 23.7 Å². The Hall–Kier alpha value is -2.06. The Kier molecular flexibility index (Phi) is 5.18. The molecule has 1 unspecified atom stereocenters. The maximum atomic E-state index is 9.26. The van der Waals surface area contributed by atoms with Gasteiger partial charge in [-0.3, -0.25) is 0 Å². The van der Waals surface area contributed by atoms with E-state index in [4.69, 9.17) is 0 Å². The molecular formula is C16H18N4S. The smallest absolute Gasteiger partial charge is 0.166 e. The summed E-state index contributed by atoms with van der Waals surface area (Å²) in [6.07, 6.45) is 0. The van der Waals surface area contributed by atoms with E-state index < -0.39 is 0 Å². The Morgan fingerprint density at radius 2 is 1.95 bits per heavy atom. The van der Waals surface area contributed by atoms with Crippen molar-refractivity contribution >= 4 is 17.6 Å². The molecule has 1 aromatic heterocycles.